The predicted molar refractivity (Wildman–Crippen MR) is 76.9 cm³/mol. The largest absolute Gasteiger partial charge is 0.382 e. The highest BCUT2D eigenvalue weighted by Crippen LogP contribution is 2.19. The number of hydrogen-bond acceptors (Lipinski definition) is 5. The summed E-state index contributed by atoms with van der Waals surface area (Å²) in [6.45, 7) is -0.0967. The van der Waals surface area contributed by atoms with Crippen molar-refractivity contribution in [2.24, 2.45) is 5.73 Å². The van der Waals surface area contributed by atoms with Gasteiger partial charge >= 0.3 is 0 Å². The molecule has 1 aromatic carbocycles. The van der Waals surface area contributed by atoms with Gasteiger partial charge in [0.2, 0.25) is 5.91 Å². The van der Waals surface area contributed by atoms with Crippen molar-refractivity contribution in [2.45, 2.75) is 10.9 Å². The number of primary amides is 1. The summed E-state index contributed by atoms with van der Waals surface area (Å²) in [6, 6.07) is 2.66. The fraction of sp³-hybridized carbons (Fsp3) is 0.333. The molecule has 0 aromatic heterocycles. The van der Waals surface area contributed by atoms with E-state index in [-0.39, 0.29) is 22.1 Å². The van der Waals surface area contributed by atoms with E-state index in [1.807, 2.05) is 0 Å². The number of hydrogen-bond donors (Lipinski definition) is 2. The number of methoxy groups -OCH3 is 1. The number of amides is 2. The SMILES string of the molecule is COCC(NC(=O)c1cc(Cl)cc(S(C)(=O)=O)c1)C(N)=O. The summed E-state index contributed by atoms with van der Waals surface area (Å²) in [6.07, 6.45) is 0.998. The molecule has 0 aliphatic heterocycles. The zero-order chi connectivity index (χ0) is 16.2. The third kappa shape index (κ3) is 5.00. The van der Waals surface area contributed by atoms with E-state index in [4.69, 9.17) is 22.1 Å². The molecule has 3 N–H and O–H groups in total. The van der Waals surface area contributed by atoms with Crippen molar-refractivity contribution < 1.29 is 22.7 Å². The van der Waals surface area contributed by atoms with Crippen LogP contribution in [0.25, 0.3) is 0 Å². The fourth-order valence-electron chi connectivity index (χ4n) is 1.51. The average molecular weight is 335 g/mol. The zero-order valence-corrected chi connectivity index (χ0v) is 13.0. The van der Waals surface area contributed by atoms with Crippen LogP contribution in [0.5, 0.6) is 0 Å². The van der Waals surface area contributed by atoms with Crippen molar-refractivity contribution in [3.8, 4) is 0 Å². The first-order valence-corrected chi connectivity index (χ1v) is 8.02. The molecule has 1 rings (SSSR count). The Labute approximate surface area is 127 Å². The van der Waals surface area contributed by atoms with Crippen LogP contribution in [0.1, 0.15) is 10.4 Å². The van der Waals surface area contributed by atoms with Gasteiger partial charge in [0.05, 0.1) is 11.5 Å². The topological polar surface area (TPSA) is 116 Å². The predicted octanol–water partition coefficient (Wildman–Crippen LogP) is -0.0264. The van der Waals surface area contributed by atoms with Crippen molar-refractivity contribution in [1.29, 1.82) is 0 Å². The summed E-state index contributed by atoms with van der Waals surface area (Å²) >= 11 is 5.80. The van der Waals surface area contributed by atoms with E-state index in [1.54, 1.807) is 0 Å². The number of carbonyl (C=O) groups excluding carboxylic acids is 2. The first-order valence-electron chi connectivity index (χ1n) is 5.75. The summed E-state index contributed by atoms with van der Waals surface area (Å²) in [5.74, 6) is -1.45. The second kappa shape index (κ2) is 6.88. The van der Waals surface area contributed by atoms with Gasteiger partial charge in [0, 0.05) is 24.0 Å². The number of carbonyl (C=O) groups is 2. The van der Waals surface area contributed by atoms with Crippen LogP contribution >= 0.6 is 11.6 Å². The van der Waals surface area contributed by atoms with Gasteiger partial charge in [-0.1, -0.05) is 11.6 Å². The monoisotopic (exact) mass is 334 g/mol. The fourth-order valence-corrected chi connectivity index (χ4v) is 2.49. The summed E-state index contributed by atoms with van der Waals surface area (Å²) < 4.78 is 27.8. The standard InChI is InChI=1S/C12H15ClN2O5S/c1-20-6-10(11(14)16)15-12(17)7-3-8(13)5-9(4-7)21(2,18)19/h3-5,10H,6H2,1-2H3,(H2,14,16)(H,15,17). The van der Waals surface area contributed by atoms with Gasteiger partial charge in [-0.3, -0.25) is 9.59 Å². The van der Waals surface area contributed by atoms with Crippen LogP contribution < -0.4 is 11.1 Å². The maximum Gasteiger partial charge on any atom is 0.252 e. The number of ether oxygens (including phenoxy) is 1. The van der Waals surface area contributed by atoms with Crippen LogP contribution in [0.15, 0.2) is 23.1 Å². The Morgan fingerprint density at radius 2 is 2.00 bits per heavy atom. The second-order valence-corrected chi connectivity index (χ2v) is 6.78. The molecule has 116 valence electrons. The molecule has 0 heterocycles. The minimum Gasteiger partial charge on any atom is -0.382 e. The molecule has 0 fully saturated rings. The molecule has 0 aliphatic carbocycles. The van der Waals surface area contributed by atoms with Crippen LogP contribution in [-0.2, 0) is 19.4 Å². The number of benzene rings is 1. The molecule has 1 atom stereocenters. The van der Waals surface area contributed by atoms with E-state index >= 15 is 0 Å². The lowest BCUT2D eigenvalue weighted by atomic mass is 10.2. The van der Waals surface area contributed by atoms with E-state index in [0.717, 1.165) is 6.26 Å². The number of nitrogens with two attached hydrogens (primary N) is 1. The molecular weight excluding hydrogens is 320 g/mol. The lowest BCUT2D eigenvalue weighted by molar-refractivity contribution is -0.121. The summed E-state index contributed by atoms with van der Waals surface area (Å²) in [5, 5.41) is 2.44. The molecule has 0 aliphatic rings. The van der Waals surface area contributed by atoms with E-state index < -0.39 is 27.7 Å². The Morgan fingerprint density at radius 3 is 2.48 bits per heavy atom. The first-order chi connectivity index (χ1) is 9.65. The molecule has 0 saturated heterocycles. The molecule has 21 heavy (non-hydrogen) atoms. The normalized spacial score (nSPS) is 12.7. The lowest BCUT2D eigenvalue weighted by Gasteiger charge is -2.14. The molecule has 0 radical (unpaired) electrons. The maximum absolute atomic E-state index is 12.0. The van der Waals surface area contributed by atoms with E-state index in [1.165, 1.54) is 25.3 Å². The molecule has 0 saturated carbocycles. The third-order valence-electron chi connectivity index (χ3n) is 2.54. The van der Waals surface area contributed by atoms with Crippen LogP contribution in [0.2, 0.25) is 5.02 Å². The van der Waals surface area contributed by atoms with Gasteiger partial charge in [0.1, 0.15) is 6.04 Å². The number of nitrogens with one attached hydrogen (secondary N) is 1. The van der Waals surface area contributed by atoms with E-state index in [9.17, 15) is 18.0 Å². The van der Waals surface area contributed by atoms with E-state index in [2.05, 4.69) is 5.32 Å². The van der Waals surface area contributed by atoms with E-state index in [0.29, 0.717) is 0 Å². The number of rotatable bonds is 6. The van der Waals surface area contributed by atoms with Crippen molar-refractivity contribution in [1.82, 2.24) is 5.32 Å². The molecule has 2 amide bonds. The van der Waals surface area contributed by atoms with Crippen LogP contribution in [0, 0.1) is 0 Å². The van der Waals surface area contributed by atoms with Crippen molar-refractivity contribution in [3.63, 3.8) is 0 Å². The number of sulfone groups is 1. The molecule has 9 heteroatoms. The second-order valence-electron chi connectivity index (χ2n) is 4.33. The highest BCUT2D eigenvalue weighted by Gasteiger charge is 2.20. The lowest BCUT2D eigenvalue weighted by Crippen LogP contribution is -2.47. The Bertz CT molecular complexity index is 660. The van der Waals surface area contributed by atoms with Gasteiger partial charge in [-0.15, -0.1) is 0 Å². The van der Waals surface area contributed by atoms with Crippen molar-refractivity contribution in [2.75, 3.05) is 20.0 Å². The van der Waals surface area contributed by atoms with Gasteiger partial charge in [-0.25, -0.2) is 8.42 Å². The van der Waals surface area contributed by atoms with Gasteiger partial charge in [0.25, 0.3) is 5.91 Å². The van der Waals surface area contributed by atoms with Crippen LogP contribution in [-0.4, -0.2) is 46.2 Å². The Balaban J connectivity index is 3.08. The van der Waals surface area contributed by atoms with Crippen LogP contribution in [0.4, 0.5) is 0 Å². The molecule has 1 unspecified atom stereocenters. The number of halogens is 1. The van der Waals surface area contributed by atoms with Gasteiger partial charge in [-0.05, 0) is 18.2 Å². The quantitative estimate of drug-likeness (QED) is 0.758. The summed E-state index contributed by atoms with van der Waals surface area (Å²) in [7, 11) is -2.17. The molecule has 1 aromatic rings. The molecule has 0 bridgehead atoms. The average Bonchev–Trinajstić information content (AvgIpc) is 2.36. The van der Waals surface area contributed by atoms with Gasteiger partial charge in [-0.2, -0.15) is 0 Å². The first kappa shape index (κ1) is 17.4. The summed E-state index contributed by atoms with van der Waals surface area (Å²) in [4.78, 5) is 23.1. The maximum atomic E-state index is 12.0. The molecule has 0 spiro atoms. The van der Waals surface area contributed by atoms with Gasteiger partial charge in [0.15, 0.2) is 9.84 Å². The smallest absolute Gasteiger partial charge is 0.252 e. The van der Waals surface area contributed by atoms with Crippen molar-refractivity contribution in [3.05, 3.63) is 28.8 Å². The Kier molecular flexibility index (Phi) is 5.70. The Hall–Kier alpha value is -1.64. The highest BCUT2D eigenvalue weighted by molar-refractivity contribution is 7.90. The Morgan fingerprint density at radius 1 is 1.38 bits per heavy atom. The minimum atomic E-state index is -3.52. The molecular formula is C12H15ClN2O5S. The van der Waals surface area contributed by atoms with Crippen molar-refractivity contribution >= 4 is 33.3 Å². The minimum absolute atomic E-state index is 0.00489. The van der Waals surface area contributed by atoms with Gasteiger partial charge < -0.3 is 15.8 Å². The molecule has 7 nitrogen and oxygen atoms in total. The zero-order valence-electron chi connectivity index (χ0n) is 11.4. The summed E-state index contributed by atoms with van der Waals surface area (Å²) in [5.41, 5.74) is 5.13. The highest BCUT2D eigenvalue weighted by atomic mass is 35.5. The van der Waals surface area contributed by atoms with Crippen LogP contribution in [0.3, 0.4) is 0 Å². The third-order valence-corrected chi connectivity index (χ3v) is 3.85.